The maximum atomic E-state index is 13.1. The van der Waals surface area contributed by atoms with Crippen LogP contribution in [0, 0.1) is 27.3 Å². The highest BCUT2D eigenvalue weighted by atomic mass is 79.9. The third-order valence-electron chi connectivity index (χ3n) is 1.56. The Morgan fingerprint density at radius 2 is 2.29 bits per heavy atom. The quantitative estimate of drug-likeness (QED) is 0.605. The fourth-order valence-corrected chi connectivity index (χ4v) is 1.52. The number of rotatable bonds is 2. The molecule has 1 aromatic rings. The normalized spacial score (nSPS) is 9.50. The van der Waals surface area contributed by atoms with Crippen LogP contribution in [-0.2, 0) is 6.42 Å². The van der Waals surface area contributed by atoms with Gasteiger partial charge in [0.05, 0.1) is 17.4 Å². The first kappa shape index (κ1) is 10.6. The molecule has 0 fully saturated rings. The Hall–Kier alpha value is -1.48. The number of nitro benzene ring substituents is 1. The van der Waals surface area contributed by atoms with Crippen molar-refractivity contribution in [1.29, 1.82) is 5.26 Å². The molecule has 0 aliphatic carbocycles. The SMILES string of the molecule is N#CCc1cc(Br)cc(F)c1[N+](=O)[O-]. The van der Waals surface area contributed by atoms with Crippen molar-refractivity contribution >= 4 is 21.6 Å². The number of hydrogen-bond acceptors (Lipinski definition) is 3. The van der Waals surface area contributed by atoms with Gasteiger partial charge in [-0.25, -0.2) is 0 Å². The monoisotopic (exact) mass is 258 g/mol. The zero-order valence-electron chi connectivity index (χ0n) is 6.83. The molecule has 0 aliphatic heterocycles. The molecule has 0 heterocycles. The fourth-order valence-electron chi connectivity index (χ4n) is 1.04. The molecular weight excluding hydrogens is 255 g/mol. The third-order valence-corrected chi connectivity index (χ3v) is 2.02. The summed E-state index contributed by atoms with van der Waals surface area (Å²) >= 11 is 2.99. The van der Waals surface area contributed by atoms with Crippen molar-refractivity contribution < 1.29 is 9.31 Å². The van der Waals surface area contributed by atoms with E-state index >= 15 is 0 Å². The molecule has 72 valence electrons. The highest BCUT2D eigenvalue weighted by Crippen LogP contribution is 2.27. The number of benzene rings is 1. The Morgan fingerprint density at radius 3 is 2.79 bits per heavy atom. The van der Waals surface area contributed by atoms with Gasteiger partial charge in [-0.05, 0) is 12.1 Å². The topological polar surface area (TPSA) is 66.9 Å². The molecule has 0 bridgehead atoms. The molecule has 6 heteroatoms. The molecule has 1 rings (SSSR count). The minimum absolute atomic E-state index is 0.0735. The van der Waals surface area contributed by atoms with Crippen LogP contribution in [0.3, 0.4) is 0 Å². The first-order chi connectivity index (χ1) is 6.56. The van der Waals surface area contributed by atoms with Gasteiger partial charge in [0.25, 0.3) is 0 Å². The molecule has 0 radical (unpaired) electrons. The van der Waals surface area contributed by atoms with Crippen molar-refractivity contribution in [1.82, 2.24) is 0 Å². The van der Waals surface area contributed by atoms with Gasteiger partial charge in [-0.3, -0.25) is 10.1 Å². The minimum Gasteiger partial charge on any atom is -0.258 e. The smallest absolute Gasteiger partial charge is 0.258 e. The van der Waals surface area contributed by atoms with Crippen LogP contribution in [0.15, 0.2) is 16.6 Å². The first-order valence-electron chi connectivity index (χ1n) is 3.55. The lowest BCUT2D eigenvalue weighted by molar-refractivity contribution is -0.388. The number of hydrogen-bond donors (Lipinski definition) is 0. The standard InChI is InChI=1S/C8H4BrFN2O2/c9-6-3-5(1-2-11)8(12(13)14)7(10)4-6/h3-4H,1H2. The van der Waals surface area contributed by atoms with E-state index in [-0.39, 0.29) is 12.0 Å². The van der Waals surface area contributed by atoms with Crippen molar-refractivity contribution in [2.75, 3.05) is 0 Å². The van der Waals surface area contributed by atoms with Gasteiger partial charge < -0.3 is 0 Å². The lowest BCUT2D eigenvalue weighted by Gasteiger charge is -2.00. The molecule has 4 nitrogen and oxygen atoms in total. The van der Waals surface area contributed by atoms with Crippen molar-refractivity contribution in [2.24, 2.45) is 0 Å². The lowest BCUT2D eigenvalue weighted by Crippen LogP contribution is -1.98. The van der Waals surface area contributed by atoms with Crippen molar-refractivity contribution in [3.63, 3.8) is 0 Å². The zero-order valence-corrected chi connectivity index (χ0v) is 8.41. The molecule has 0 unspecified atom stereocenters. The molecule has 0 aliphatic rings. The summed E-state index contributed by atoms with van der Waals surface area (Å²) in [6.07, 6.45) is -0.188. The van der Waals surface area contributed by atoms with E-state index in [4.69, 9.17) is 5.26 Å². The van der Waals surface area contributed by atoms with Crippen LogP contribution >= 0.6 is 15.9 Å². The second-order valence-electron chi connectivity index (χ2n) is 2.49. The second-order valence-corrected chi connectivity index (χ2v) is 3.40. The fraction of sp³-hybridized carbons (Fsp3) is 0.125. The molecule has 0 N–H and O–H groups in total. The van der Waals surface area contributed by atoms with E-state index in [2.05, 4.69) is 15.9 Å². The van der Waals surface area contributed by atoms with Gasteiger partial charge in [-0.2, -0.15) is 9.65 Å². The van der Waals surface area contributed by atoms with Crippen molar-refractivity contribution in [3.8, 4) is 6.07 Å². The Balaban J connectivity index is 3.38. The van der Waals surface area contributed by atoms with Gasteiger partial charge >= 0.3 is 5.69 Å². The molecule has 0 atom stereocenters. The zero-order chi connectivity index (χ0) is 10.7. The van der Waals surface area contributed by atoms with E-state index in [1.54, 1.807) is 6.07 Å². The molecular formula is C8H4BrFN2O2. The van der Waals surface area contributed by atoms with Gasteiger partial charge in [0, 0.05) is 10.0 Å². The third kappa shape index (κ3) is 2.06. The van der Waals surface area contributed by atoms with Crippen LogP contribution in [0.2, 0.25) is 0 Å². The van der Waals surface area contributed by atoms with E-state index in [0.29, 0.717) is 4.47 Å². The summed E-state index contributed by atoms with van der Waals surface area (Å²) in [6.45, 7) is 0. The Labute approximate surface area is 87.2 Å². The van der Waals surface area contributed by atoms with Crippen LogP contribution in [0.25, 0.3) is 0 Å². The highest BCUT2D eigenvalue weighted by molar-refractivity contribution is 9.10. The average molecular weight is 259 g/mol. The van der Waals surface area contributed by atoms with Crippen molar-refractivity contribution in [3.05, 3.63) is 38.1 Å². The van der Waals surface area contributed by atoms with Gasteiger partial charge in [0.15, 0.2) is 0 Å². The van der Waals surface area contributed by atoms with Crippen LogP contribution < -0.4 is 0 Å². The van der Waals surface area contributed by atoms with Crippen LogP contribution in [-0.4, -0.2) is 4.92 Å². The highest BCUT2D eigenvalue weighted by Gasteiger charge is 2.20. The van der Waals surface area contributed by atoms with Crippen molar-refractivity contribution in [2.45, 2.75) is 6.42 Å². The Morgan fingerprint density at radius 1 is 1.64 bits per heavy atom. The predicted octanol–water partition coefficient (Wildman–Crippen LogP) is 2.56. The first-order valence-corrected chi connectivity index (χ1v) is 4.35. The van der Waals surface area contributed by atoms with E-state index in [0.717, 1.165) is 6.07 Å². The average Bonchev–Trinajstić information content (AvgIpc) is 2.01. The molecule has 0 spiro atoms. The van der Waals surface area contributed by atoms with E-state index < -0.39 is 16.4 Å². The van der Waals surface area contributed by atoms with Gasteiger partial charge in [-0.1, -0.05) is 15.9 Å². The predicted molar refractivity (Wildman–Crippen MR) is 50.1 cm³/mol. The number of nitrogens with zero attached hydrogens (tertiary/aromatic N) is 2. The van der Waals surface area contributed by atoms with E-state index in [1.165, 1.54) is 6.07 Å². The lowest BCUT2D eigenvalue weighted by atomic mass is 10.1. The number of nitriles is 1. The summed E-state index contributed by atoms with van der Waals surface area (Å²) in [5.74, 6) is -0.936. The summed E-state index contributed by atoms with van der Waals surface area (Å²) in [4.78, 5) is 9.64. The Kier molecular flexibility index (Phi) is 3.14. The molecule has 1 aromatic carbocycles. The molecule has 0 amide bonds. The molecule has 14 heavy (non-hydrogen) atoms. The maximum absolute atomic E-state index is 13.1. The summed E-state index contributed by atoms with van der Waals surface area (Å²) in [5, 5.41) is 18.9. The van der Waals surface area contributed by atoms with Crippen LogP contribution in [0.1, 0.15) is 5.56 Å². The van der Waals surface area contributed by atoms with Crippen LogP contribution in [0.5, 0.6) is 0 Å². The summed E-state index contributed by atoms with van der Waals surface area (Å²) in [6, 6.07) is 4.11. The Bertz CT molecular complexity index is 428. The summed E-state index contributed by atoms with van der Waals surface area (Å²) in [5.41, 5.74) is -0.556. The molecule has 0 aromatic heterocycles. The number of nitro groups is 1. The molecule has 0 saturated carbocycles. The minimum atomic E-state index is -0.936. The van der Waals surface area contributed by atoms with Gasteiger partial charge in [-0.15, -0.1) is 0 Å². The van der Waals surface area contributed by atoms with E-state index in [1.807, 2.05) is 0 Å². The van der Waals surface area contributed by atoms with E-state index in [9.17, 15) is 14.5 Å². The number of halogens is 2. The largest absolute Gasteiger partial charge is 0.309 e. The second kappa shape index (κ2) is 4.15. The molecule has 0 saturated heterocycles. The maximum Gasteiger partial charge on any atom is 0.309 e. The van der Waals surface area contributed by atoms with Gasteiger partial charge in [0.2, 0.25) is 5.82 Å². The van der Waals surface area contributed by atoms with Crippen LogP contribution in [0.4, 0.5) is 10.1 Å². The van der Waals surface area contributed by atoms with Gasteiger partial charge in [0.1, 0.15) is 0 Å². The summed E-state index contributed by atoms with van der Waals surface area (Å²) in [7, 11) is 0. The summed E-state index contributed by atoms with van der Waals surface area (Å²) < 4.78 is 13.5.